The molecule has 23 heavy (non-hydrogen) atoms. The molecule has 6 heteroatoms. The number of amides is 2. The second-order valence-corrected chi connectivity index (χ2v) is 5.16. The topological polar surface area (TPSA) is 68.8 Å². The van der Waals surface area contributed by atoms with Crippen molar-refractivity contribution < 1.29 is 19.0 Å². The highest BCUT2D eigenvalue weighted by atomic mass is 16.7. The number of anilines is 1. The van der Waals surface area contributed by atoms with Gasteiger partial charge in [0.25, 0.3) is 0 Å². The molecule has 0 saturated heterocycles. The van der Waals surface area contributed by atoms with E-state index >= 15 is 0 Å². The van der Waals surface area contributed by atoms with E-state index in [0.29, 0.717) is 17.2 Å². The van der Waals surface area contributed by atoms with Gasteiger partial charge in [0.1, 0.15) is 5.75 Å². The Morgan fingerprint density at radius 2 is 1.87 bits per heavy atom. The number of carbonyl (C=O) groups excluding carboxylic acids is 1. The van der Waals surface area contributed by atoms with Crippen LogP contribution in [0.2, 0.25) is 0 Å². The van der Waals surface area contributed by atoms with Crippen LogP contribution >= 0.6 is 0 Å². The van der Waals surface area contributed by atoms with Crippen LogP contribution in [-0.4, -0.2) is 19.9 Å². The standard InChI is InChI=1S/C17H18N2O4/c1-11(12-3-6-14(21-2)7-4-12)18-17(20)19-13-5-8-15-16(9-13)23-10-22-15/h3-9,11H,10H2,1-2H3,(H2,18,19,20)/t11-/m0/s1. The second-order valence-electron chi connectivity index (χ2n) is 5.16. The third kappa shape index (κ3) is 3.48. The fourth-order valence-electron chi connectivity index (χ4n) is 2.31. The molecule has 2 aromatic rings. The van der Waals surface area contributed by atoms with Crippen LogP contribution in [0.1, 0.15) is 18.5 Å². The lowest BCUT2D eigenvalue weighted by atomic mass is 10.1. The summed E-state index contributed by atoms with van der Waals surface area (Å²) >= 11 is 0. The number of methoxy groups -OCH3 is 1. The maximum absolute atomic E-state index is 12.1. The molecule has 0 spiro atoms. The van der Waals surface area contributed by atoms with Crippen LogP contribution in [0.25, 0.3) is 0 Å². The minimum Gasteiger partial charge on any atom is -0.497 e. The highest BCUT2D eigenvalue weighted by Crippen LogP contribution is 2.34. The number of urea groups is 1. The summed E-state index contributed by atoms with van der Waals surface area (Å²) < 4.78 is 15.6. The van der Waals surface area contributed by atoms with Gasteiger partial charge in [0.15, 0.2) is 11.5 Å². The molecule has 0 saturated carbocycles. The first-order valence-corrected chi connectivity index (χ1v) is 7.27. The van der Waals surface area contributed by atoms with E-state index in [-0.39, 0.29) is 18.9 Å². The molecule has 2 N–H and O–H groups in total. The maximum Gasteiger partial charge on any atom is 0.319 e. The van der Waals surface area contributed by atoms with Crippen molar-refractivity contribution in [2.24, 2.45) is 0 Å². The quantitative estimate of drug-likeness (QED) is 0.908. The van der Waals surface area contributed by atoms with Gasteiger partial charge in [-0.2, -0.15) is 0 Å². The monoisotopic (exact) mass is 314 g/mol. The van der Waals surface area contributed by atoms with Crippen molar-refractivity contribution >= 4 is 11.7 Å². The number of hydrogen-bond acceptors (Lipinski definition) is 4. The Labute approximate surface area is 134 Å². The van der Waals surface area contributed by atoms with Gasteiger partial charge in [-0.05, 0) is 36.8 Å². The molecule has 0 bridgehead atoms. The van der Waals surface area contributed by atoms with E-state index in [9.17, 15) is 4.79 Å². The zero-order chi connectivity index (χ0) is 16.2. The summed E-state index contributed by atoms with van der Waals surface area (Å²) in [6, 6.07) is 12.4. The van der Waals surface area contributed by atoms with Gasteiger partial charge in [0, 0.05) is 11.8 Å². The SMILES string of the molecule is COc1ccc([C@H](C)NC(=O)Nc2ccc3c(c2)OCO3)cc1. The lowest BCUT2D eigenvalue weighted by Crippen LogP contribution is -2.31. The van der Waals surface area contributed by atoms with E-state index in [2.05, 4.69) is 10.6 Å². The molecular weight excluding hydrogens is 296 g/mol. The summed E-state index contributed by atoms with van der Waals surface area (Å²) in [6.45, 7) is 2.13. The van der Waals surface area contributed by atoms with E-state index < -0.39 is 0 Å². The van der Waals surface area contributed by atoms with Crippen molar-refractivity contribution in [1.82, 2.24) is 5.32 Å². The number of benzene rings is 2. The normalized spacial score (nSPS) is 13.3. The zero-order valence-electron chi connectivity index (χ0n) is 13.0. The van der Waals surface area contributed by atoms with Crippen molar-refractivity contribution in [2.75, 3.05) is 19.2 Å². The predicted molar refractivity (Wildman–Crippen MR) is 86.1 cm³/mol. The molecule has 6 nitrogen and oxygen atoms in total. The van der Waals surface area contributed by atoms with Crippen molar-refractivity contribution in [3.8, 4) is 17.2 Å². The van der Waals surface area contributed by atoms with E-state index in [1.54, 1.807) is 25.3 Å². The third-order valence-electron chi connectivity index (χ3n) is 3.59. The fraction of sp³-hybridized carbons (Fsp3) is 0.235. The Hall–Kier alpha value is -2.89. The van der Waals surface area contributed by atoms with Crippen LogP contribution in [0.3, 0.4) is 0 Å². The minimum absolute atomic E-state index is 0.130. The summed E-state index contributed by atoms with van der Waals surface area (Å²) in [6.07, 6.45) is 0. The van der Waals surface area contributed by atoms with E-state index in [1.165, 1.54) is 0 Å². The molecule has 0 unspecified atom stereocenters. The van der Waals surface area contributed by atoms with Crippen LogP contribution < -0.4 is 24.8 Å². The van der Waals surface area contributed by atoms with Gasteiger partial charge < -0.3 is 24.8 Å². The van der Waals surface area contributed by atoms with Crippen molar-refractivity contribution in [1.29, 1.82) is 0 Å². The lowest BCUT2D eigenvalue weighted by Gasteiger charge is -2.15. The number of fused-ring (bicyclic) bond motifs is 1. The Morgan fingerprint density at radius 1 is 1.13 bits per heavy atom. The van der Waals surface area contributed by atoms with Crippen LogP contribution in [0.5, 0.6) is 17.2 Å². The number of rotatable bonds is 4. The molecule has 1 atom stereocenters. The number of nitrogens with one attached hydrogen (secondary N) is 2. The minimum atomic E-state index is -0.285. The van der Waals surface area contributed by atoms with Crippen LogP contribution in [-0.2, 0) is 0 Å². The van der Waals surface area contributed by atoms with Crippen molar-refractivity contribution in [2.45, 2.75) is 13.0 Å². The molecule has 0 aromatic heterocycles. The molecule has 3 rings (SSSR count). The molecular formula is C17H18N2O4. The highest BCUT2D eigenvalue weighted by molar-refractivity contribution is 5.90. The highest BCUT2D eigenvalue weighted by Gasteiger charge is 2.15. The van der Waals surface area contributed by atoms with Gasteiger partial charge in [0.2, 0.25) is 6.79 Å². The molecule has 1 aliphatic heterocycles. The average molecular weight is 314 g/mol. The summed E-state index contributed by atoms with van der Waals surface area (Å²) in [5.74, 6) is 2.10. The maximum atomic E-state index is 12.1. The Morgan fingerprint density at radius 3 is 2.61 bits per heavy atom. The molecule has 1 aliphatic rings. The summed E-state index contributed by atoms with van der Waals surface area (Å²) in [5.41, 5.74) is 1.64. The smallest absolute Gasteiger partial charge is 0.319 e. The van der Waals surface area contributed by atoms with Gasteiger partial charge in [-0.25, -0.2) is 4.79 Å². The number of hydrogen-bond donors (Lipinski definition) is 2. The van der Waals surface area contributed by atoms with E-state index in [1.807, 2.05) is 31.2 Å². The summed E-state index contributed by atoms with van der Waals surface area (Å²) in [5, 5.41) is 5.67. The molecule has 120 valence electrons. The van der Waals surface area contributed by atoms with E-state index in [4.69, 9.17) is 14.2 Å². The molecule has 2 amide bonds. The zero-order valence-corrected chi connectivity index (χ0v) is 13.0. The van der Waals surface area contributed by atoms with Crippen molar-refractivity contribution in [3.05, 3.63) is 48.0 Å². The first kappa shape index (κ1) is 15.0. The fourth-order valence-corrected chi connectivity index (χ4v) is 2.31. The van der Waals surface area contributed by atoms with Gasteiger partial charge in [-0.15, -0.1) is 0 Å². The summed E-state index contributed by atoms with van der Waals surface area (Å²) in [4.78, 5) is 12.1. The first-order chi connectivity index (χ1) is 11.2. The number of carbonyl (C=O) groups is 1. The van der Waals surface area contributed by atoms with E-state index in [0.717, 1.165) is 11.3 Å². The van der Waals surface area contributed by atoms with Crippen LogP contribution in [0.15, 0.2) is 42.5 Å². The van der Waals surface area contributed by atoms with Crippen LogP contribution in [0.4, 0.5) is 10.5 Å². The van der Waals surface area contributed by atoms with Gasteiger partial charge in [-0.1, -0.05) is 12.1 Å². The Kier molecular flexibility index (Phi) is 4.23. The van der Waals surface area contributed by atoms with Crippen LogP contribution in [0, 0.1) is 0 Å². The third-order valence-corrected chi connectivity index (χ3v) is 3.59. The molecule has 0 fully saturated rings. The molecule has 1 heterocycles. The second kappa shape index (κ2) is 6.48. The number of ether oxygens (including phenoxy) is 3. The van der Waals surface area contributed by atoms with Gasteiger partial charge in [0.05, 0.1) is 13.2 Å². The molecule has 0 radical (unpaired) electrons. The Balaban J connectivity index is 1.60. The molecule has 0 aliphatic carbocycles. The Bertz CT molecular complexity index is 700. The lowest BCUT2D eigenvalue weighted by molar-refractivity contribution is 0.174. The molecule has 2 aromatic carbocycles. The predicted octanol–water partition coefficient (Wildman–Crippen LogP) is 3.31. The van der Waals surface area contributed by atoms with Gasteiger partial charge in [-0.3, -0.25) is 0 Å². The summed E-state index contributed by atoms with van der Waals surface area (Å²) in [7, 11) is 1.62. The largest absolute Gasteiger partial charge is 0.497 e. The van der Waals surface area contributed by atoms with Gasteiger partial charge >= 0.3 is 6.03 Å². The van der Waals surface area contributed by atoms with Crippen molar-refractivity contribution in [3.63, 3.8) is 0 Å². The first-order valence-electron chi connectivity index (χ1n) is 7.27. The average Bonchev–Trinajstić information content (AvgIpc) is 3.02.